The first-order valence-corrected chi connectivity index (χ1v) is 10.5. The Morgan fingerprint density at radius 2 is 1.50 bits per heavy atom. The van der Waals surface area contributed by atoms with E-state index in [1.807, 2.05) is 0 Å². The number of hydrogen-bond acceptors (Lipinski definition) is 4. The summed E-state index contributed by atoms with van der Waals surface area (Å²) in [5.41, 5.74) is 2.61. The fraction of sp³-hybridized carbons (Fsp3) is 0.667. The number of rotatable bonds is 12. The molecule has 4 nitrogen and oxygen atoms in total. The van der Waals surface area contributed by atoms with Crippen LogP contribution >= 0.6 is 0 Å². The molecule has 0 fully saturated rings. The van der Waals surface area contributed by atoms with Crippen molar-refractivity contribution in [2.75, 3.05) is 14.2 Å². The van der Waals surface area contributed by atoms with E-state index < -0.39 is 0 Å². The number of allylic oxidation sites excluding steroid dienone is 2. The number of benzene rings is 1. The molecular formula is C24H40O4. The Morgan fingerprint density at radius 3 is 2.07 bits per heavy atom. The number of aromatic hydroxyl groups is 2. The molecule has 0 saturated heterocycles. The van der Waals surface area contributed by atoms with E-state index in [0.717, 1.165) is 18.3 Å². The molecule has 2 N–H and O–H groups in total. The smallest absolute Gasteiger partial charge is 0.207 e. The molecule has 1 aromatic carbocycles. The van der Waals surface area contributed by atoms with E-state index in [9.17, 15) is 10.2 Å². The molecule has 0 aromatic heterocycles. The van der Waals surface area contributed by atoms with Gasteiger partial charge in [0.1, 0.15) is 0 Å². The van der Waals surface area contributed by atoms with Gasteiger partial charge in [-0.2, -0.15) is 0 Å². The van der Waals surface area contributed by atoms with Crippen molar-refractivity contribution in [2.45, 2.75) is 79.6 Å². The van der Waals surface area contributed by atoms with Gasteiger partial charge in [0.15, 0.2) is 11.5 Å². The molecule has 0 radical (unpaired) electrons. The molecule has 1 atom stereocenters. The Kier molecular flexibility index (Phi) is 10.3. The normalized spacial score (nSPS) is 13.1. The van der Waals surface area contributed by atoms with Gasteiger partial charge in [0, 0.05) is 11.1 Å². The zero-order valence-corrected chi connectivity index (χ0v) is 18.9. The van der Waals surface area contributed by atoms with Gasteiger partial charge in [-0.3, -0.25) is 0 Å². The van der Waals surface area contributed by atoms with Gasteiger partial charge in [0.25, 0.3) is 0 Å². The van der Waals surface area contributed by atoms with E-state index in [2.05, 4.69) is 33.8 Å². The summed E-state index contributed by atoms with van der Waals surface area (Å²) in [5.74, 6) is 2.00. The Bertz CT molecular complexity index is 647. The van der Waals surface area contributed by atoms with Crippen molar-refractivity contribution in [1.29, 1.82) is 0 Å². The lowest BCUT2D eigenvalue weighted by molar-refractivity contribution is 0.314. The summed E-state index contributed by atoms with van der Waals surface area (Å²) in [6, 6.07) is 0. The summed E-state index contributed by atoms with van der Waals surface area (Å²) in [5, 5.41) is 20.9. The van der Waals surface area contributed by atoms with Crippen molar-refractivity contribution in [3.05, 3.63) is 22.8 Å². The predicted octanol–water partition coefficient (Wildman–Crippen LogP) is 6.54. The fourth-order valence-corrected chi connectivity index (χ4v) is 3.60. The molecule has 1 unspecified atom stereocenters. The van der Waals surface area contributed by atoms with Crippen LogP contribution in [-0.4, -0.2) is 24.4 Å². The second-order valence-corrected chi connectivity index (χ2v) is 8.44. The molecule has 1 aromatic rings. The van der Waals surface area contributed by atoms with Gasteiger partial charge in [0.2, 0.25) is 11.5 Å². The second-order valence-electron chi connectivity index (χ2n) is 8.44. The molecule has 160 valence electrons. The fourth-order valence-electron chi connectivity index (χ4n) is 3.60. The van der Waals surface area contributed by atoms with E-state index in [4.69, 9.17) is 9.47 Å². The molecule has 4 heteroatoms. The average molecular weight is 393 g/mol. The largest absolute Gasteiger partial charge is 0.504 e. The lowest BCUT2D eigenvalue weighted by Gasteiger charge is -2.17. The first-order valence-electron chi connectivity index (χ1n) is 10.5. The summed E-state index contributed by atoms with van der Waals surface area (Å²) < 4.78 is 10.4. The monoisotopic (exact) mass is 392 g/mol. The van der Waals surface area contributed by atoms with Gasteiger partial charge >= 0.3 is 0 Å². The van der Waals surface area contributed by atoms with Crippen LogP contribution in [0.1, 0.15) is 77.3 Å². The first-order chi connectivity index (χ1) is 13.2. The standard InChI is InChI=1S/C24H40O4/c1-16(2)10-8-11-17(3)12-9-13-18(4)14-15-20-19(5)21(25)23(27-6)24(28-7)22(20)26/h14,16-17,25-26H,8-13,15H2,1-7H3/b18-14-. The van der Waals surface area contributed by atoms with Crippen molar-refractivity contribution >= 4 is 0 Å². The van der Waals surface area contributed by atoms with Crippen LogP contribution < -0.4 is 9.47 Å². The SMILES string of the molecule is COc1c(O)c(C)c(C/C=C(/C)CCCC(C)CCCC(C)C)c(O)c1OC. The summed E-state index contributed by atoms with van der Waals surface area (Å²) >= 11 is 0. The maximum atomic E-state index is 10.5. The Labute approximate surface area is 171 Å². The Balaban J connectivity index is 2.65. The zero-order valence-electron chi connectivity index (χ0n) is 18.9. The van der Waals surface area contributed by atoms with E-state index in [-0.39, 0.29) is 23.0 Å². The summed E-state index contributed by atoms with van der Waals surface area (Å²) in [6.45, 7) is 10.9. The van der Waals surface area contributed by atoms with Crippen molar-refractivity contribution < 1.29 is 19.7 Å². The third-order valence-corrected chi connectivity index (χ3v) is 5.54. The van der Waals surface area contributed by atoms with Crippen molar-refractivity contribution in [1.82, 2.24) is 0 Å². The topological polar surface area (TPSA) is 58.9 Å². The molecule has 0 bridgehead atoms. The third kappa shape index (κ3) is 6.96. The van der Waals surface area contributed by atoms with Crippen LogP contribution in [0, 0.1) is 18.8 Å². The minimum atomic E-state index is 0.0217. The van der Waals surface area contributed by atoms with Crippen LogP contribution in [-0.2, 0) is 6.42 Å². The number of ether oxygens (including phenoxy) is 2. The molecule has 0 aliphatic rings. The highest BCUT2D eigenvalue weighted by atomic mass is 16.5. The van der Waals surface area contributed by atoms with Gasteiger partial charge < -0.3 is 19.7 Å². The molecule has 1 rings (SSSR count). The van der Waals surface area contributed by atoms with Gasteiger partial charge in [-0.15, -0.1) is 0 Å². The average Bonchev–Trinajstić information content (AvgIpc) is 2.64. The van der Waals surface area contributed by atoms with Crippen LogP contribution in [0.4, 0.5) is 0 Å². The summed E-state index contributed by atoms with van der Waals surface area (Å²) in [4.78, 5) is 0. The van der Waals surface area contributed by atoms with E-state index >= 15 is 0 Å². The highest BCUT2D eigenvalue weighted by Crippen LogP contribution is 2.48. The molecule has 0 spiro atoms. The highest BCUT2D eigenvalue weighted by Gasteiger charge is 2.22. The van der Waals surface area contributed by atoms with E-state index in [1.165, 1.54) is 51.9 Å². The van der Waals surface area contributed by atoms with Crippen LogP contribution in [0.5, 0.6) is 23.0 Å². The highest BCUT2D eigenvalue weighted by molar-refractivity contribution is 5.66. The zero-order chi connectivity index (χ0) is 21.3. The minimum absolute atomic E-state index is 0.0217. The number of phenolic OH excluding ortho intramolecular Hbond substituents is 2. The molecule has 0 amide bonds. The maximum Gasteiger partial charge on any atom is 0.207 e. The van der Waals surface area contributed by atoms with Gasteiger partial charge in [-0.25, -0.2) is 0 Å². The van der Waals surface area contributed by atoms with Crippen molar-refractivity contribution in [2.24, 2.45) is 11.8 Å². The quantitative estimate of drug-likeness (QED) is 0.313. The lowest BCUT2D eigenvalue weighted by atomic mass is 9.94. The van der Waals surface area contributed by atoms with Gasteiger partial charge in [0.05, 0.1) is 14.2 Å². The molecule has 28 heavy (non-hydrogen) atoms. The third-order valence-electron chi connectivity index (χ3n) is 5.54. The second kappa shape index (κ2) is 11.9. The summed E-state index contributed by atoms with van der Waals surface area (Å²) in [7, 11) is 2.91. The van der Waals surface area contributed by atoms with Crippen LogP contribution in [0.2, 0.25) is 0 Å². The Morgan fingerprint density at radius 1 is 0.929 bits per heavy atom. The number of phenols is 2. The lowest BCUT2D eigenvalue weighted by Crippen LogP contribution is -1.99. The van der Waals surface area contributed by atoms with Crippen molar-refractivity contribution in [3.8, 4) is 23.0 Å². The number of hydrogen-bond donors (Lipinski definition) is 2. The van der Waals surface area contributed by atoms with Gasteiger partial charge in [-0.05, 0) is 44.9 Å². The molecule has 0 heterocycles. The number of methoxy groups -OCH3 is 2. The maximum absolute atomic E-state index is 10.5. The molecular weight excluding hydrogens is 352 g/mol. The van der Waals surface area contributed by atoms with E-state index in [0.29, 0.717) is 17.5 Å². The predicted molar refractivity (Wildman–Crippen MR) is 117 cm³/mol. The van der Waals surface area contributed by atoms with Crippen LogP contribution in [0.15, 0.2) is 11.6 Å². The first kappa shape index (κ1) is 24.2. The molecule has 0 aliphatic heterocycles. The van der Waals surface area contributed by atoms with Crippen LogP contribution in [0.3, 0.4) is 0 Å². The minimum Gasteiger partial charge on any atom is -0.504 e. The van der Waals surface area contributed by atoms with Crippen molar-refractivity contribution in [3.63, 3.8) is 0 Å². The van der Waals surface area contributed by atoms with Crippen LogP contribution in [0.25, 0.3) is 0 Å². The van der Waals surface area contributed by atoms with E-state index in [1.54, 1.807) is 6.92 Å². The molecule has 0 saturated carbocycles. The molecule has 0 aliphatic carbocycles. The summed E-state index contributed by atoms with van der Waals surface area (Å²) in [6.07, 6.45) is 10.2. The Hall–Kier alpha value is -1.84. The van der Waals surface area contributed by atoms with Gasteiger partial charge in [-0.1, -0.05) is 58.1 Å².